The van der Waals surface area contributed by atoms with Crippen LogP contribution in [0.3, 0.4) is 0 Å². The molecule has 0 aliphatic carbocycles. The third-order valence-corrected chi connectivity index (χ3v) is 2.91. The molecule has 2 N–H and O–H groups in total. The SMILES string of the molecule is COC(=O)c1n[nH]nc1C1CCC(C)(C)N1. The van der Waals surface area contributed by atoms with Gasteiger partial charge in [-0.05, 0) is 26.7 Å². The number of hydrogen-bond acceptors (Lipinski definition) is 5. The van der Waals surface area contributed by atoms with E-state index in [0.717, 1.165) is 12.8 Å². The highest BCUT2D eigenvalue weighted by Gasteiger charge is 2.35. The minimum Gasteiger partial charge on any atom is -0.464 e. The predicted octanol–water partition coefficient (Wildman–Crippen LogP) is 0.794. The number of aromatic amines is 1. The molecule has 1 aliphatic rings. The van der Waals surface area contributed by atoms with Crippen LogP contribution in [0.4, 0.5) is 0 Å². The van der Waals surface area contributed by atoms with Crippen molar-refractivity contribution >= 4 is 5.97 Å². The average Bonchev–Trinajstić information content (AvgIpc) is 2.82. The molecule has 1 atom stereocenters. The van der Waals surface area contributed by atoms with E-state index in [1.165, 1.54) is 7.11 Å². The van der Waals surface area contributed by atoms with Crippen molar-refractivity contribution in [1.82, 2.24) is 20.7 Å². The normalized spacial score (nSPS) is 23.3. The lowest BCUT2D eigenvalue weighted by Crippen LogP contribution is -2.34. The zero-order valence-corrected chi connectivity index (χ0v) is 9.70. The van der Waals surface area contributed by atoms with Gasteiger partial charge in [0, 0.05) is 5.54 Å². The molecule has 88 valence electrons. The van der Waals surface area contributed by atoms with Crippen LogP contribution in [0.2, 0.25) is 0 Å². The van der Waals surface area contributed by atoms with Gasteiger partial charge in [-0.15, -0.1) is 5.10 Å². The maximum absolute atomic E-state index is 11.4. The summed E-state index contributed by atoms with van der Waals surface area (Å²) in [5.41, 5.74) is 1.01. The number of rotatable bonds is 2. The van der Waals surface area contributed by atoms with Crippen LogP contribution >= 0.6 is 0 Å². The van der Waals surface area contributed by atoms with E-state index in [0.29, 0.717) is 5.69 Å². The maximum atomic E-state index is 11.4. The van der Waals surface area contributed by atoms with E-state index in [2.05, 4.69) is 39.3 Å². The van der Waals surface area contributed by atoms with Crippen molar-refractivity contribution in [2.45, 2.75) is 38.3 Å². The molecule has 1 aromatic rings. The number of nitrogens with zero attached hydrogens (tertiary/aromatic N) is 2. The lowest BCUT2D eigenvalue weighted by Gasteiger charge is -2.19. The highest BCUT2D eigenvalue weighted by atomic mass is 16.5. The molecular weight excluding hydrogens is 208 g/mol. The molecule has 1 aromatic heterocycles. The van der Waals surface area contributed by atoms with Gasteiger partial charge in [-0.2, -0.15) is 10.3 Å². The van der Waals surface area contributed by atoms with Gasteiger partial charge in [-0.25, -0.2) is 4.79 Å². The second-order valence-corrected chi connectivity index (χ2v) is 4.67. The lowest BCUT2D eigenvalue weighted by molar-refractivity contribution is 0.0591. The number of aromatic nitrogens is 3. The summed E-state index contributed by atoms with van der Waals surface area (Å²) in [6.07, 6.45) is 1.99. The molecule has 0 spiro atoms. The quantitative estimate of drug-likeness (QED) is 0.726. The topological polar surface area (TPSA) is 79.9 Å². The van der Waals surface area contributed by atoms with Crippen LogP contribution in [0.5, 0.6) is 0 Å². The number of methoxy groups -OCH3 is 1. The Balaban J connectivity index is 2.22. The first-order chi connectivity index (χ1) is 7.53. The van der Waals surface area contributed by atoms with Crippen molar-refractivity contribution in [1.29, 1.82) is 0 Å². The van der Waals surface area contributed by atoms with Gasteiger partial charge >= 0.3 is 5.97 Å². The minimum absolute atomic E-state index is 0.0721. The molecule has 1 saturated heterocycles. The van der Waals surface area contributed by atoms with Crippen molar-refractivity contribution < 1.29 is 9.53 Å². The van der Waals surface area contributed by atoms with Gasteiger partial charge in [0.15, 0.2) is 5.69 Å². The first-order valence-electron chi connectivity index (χ1n) is 5.30. The van der Waals surface area contributed by atoms with E-state index in [-0.39, 0.29) is 17.3 Å². The van der Waals surface area contributed by atoms with Crippen molar-refractivity contribution in [2.24, 2.45) is 0 Å². The fourth-order valence-electron chi connectivity index (χ4n) is 2.06. The lowest BCUT2D eigenvalue weighted by atomic mass is 10.0. The van der Waals surface area contributed by atoms with Crippen LogP contribution in [0.1, 0.15) is 48.9 Å². The average molecular weight is 224 g/mol. The monoisotopic (exact) mass is 224 g/mol. The Morgan fingerprint density at radius 2 is 2.25 bits per heavy atom. The molecule has 1 unspecified atom stereocenters. The fraction of sp³-hybridized carbons (Fsp3) is 0.700. The van der Waals surface area contributed by atoms with Crippen LogP contribution in [-0.2, 0) is 4.74 Å². The van der Waals surface area contributed by atoms with E-state index in [1.54, 1.807) is 0 Å². The van der Waals surface area contributed by atoms with Crippen molar-refractivity contribution in [2.75, 3.05) is 7.11 Å². The number of ether oxygens (including phenoxy) is 1. The number of carbonyl (C=O) groups excluding carboxylic acids is 1. The van der Waals surface area contributed by atoms with Crippen molar-refractivity contribution in [3.05, 3.63) is 11.4 Å². The first kappa shape index (κ1) is 11.1. The van der Waals surface area contributed by atoms with E-state index in [4.69, 9.17) is 0 Å². The fourth-order valence-corrected chi connectivity index (χ4v) is 2.06. The summed E-state index contributed by atoms with van der Waals surface area (Å²) in [6, 6.07) is 0.0721. The van der Waals surface area contributed by atoms with Crippen LogP contribution in [0.25, 0.3) is 0 Å². The van der Waals surface area contributed by atoms with E-state index >= 15 is 0 Å². The van der Waals surface area contributed by atoms with Gasteiger partial charge < -0.3 is 10.1 Å². The molecule has 6 nitrogen and oxygen atoms in total. The first-order valence-corrected chi connectivity index (χ1v) is 5.30. The molecule has 6 heteroatoms. The Hall–Kier alpha value is -1.43. The molecule has 0 bridgehead atoms. The van der Waals surface area contributed by atoms with Crippen LogP contribution < -0.4 is 5.32 Å². The standard InChI is InChI=1S/C10H16N4O2/c1-10(2)5-4-6(11-10)7-8(9(15)16-3)13-14-12-7/h6,11H,4-5H2,1-3H3,(H,12,13,14). The summed E-state index contributed by atoms with van der Waals surface area (Å²) >= 11 is 0. The van der Waals surface area contributed by atoms with Crippen LogP contribution in [0.15, 0.2) is 0 Å². The summed E-state index contributed by atoms with van der Waals surface area (Å²) in [5, 5.41) is 13.8. The van der Waals surface area contributed by atoms with Crippen molar-refractivity contribution in [3.8, 4) is 0 Å². The zero-order chi connectivity index (χ0) is 11.8. The summed E-state index contributed by atoms with van der Waals surface area (Å²) in [6.45, 7) is 4.26. The van der Waals surface area contributed by atoms with Gasteiger partial charge in [-0.3, -0.25) is 0 Å². The third kappa shape index (κ3) is 1.92. The number of carbonyl (C=O) groups is 1. The van der Waals surface area contributed by atoms with Gasteiger partial charge in [0.05, 0.1) is 13.2 Å². The Bertz CT molecular complexity index is 399. The van der Waals surface area contributed by atoms with Gasteiger partial charge in [0.2, 0.25) is 0 Å². The Morgan fingerprint density at radius 1 is 1.50 bits per heavy atom. The summed E-state index contributed by atoms with van der Waals surface area (Å²) in [7, 11) is 1.34. The number of esters is 1. The zero-order valence-electron chi connectivity index (χ0n) is 9.70. The maximum Gasteiger partial charge on any atom is 0.360 e. The molecule has 0 aromatic carbocycles. The van der Waals surface area contributed by atoms with Crippen molar-refractivity contribution in [3.63, 3.8) is 0 Å². The van der Waals surface area contributed by atoms with Gasteiger partial charge in [0.25, 0.3) is 0 Å². The highest BCUT2D eigenvalue weighted by Crippen LogP contribution is 2.32. The molecule has 1 fully saturated rings. The second kappa shape index (κ2) is 3.86. The Kier molecular flexibility index (Phi) is 2.67. The minimum atomic E-state index is -0.449. The molecule has 0 saturated carbocycles. The second-order valence-electron chi connectivity index (χ2n) is 4.67. The summed E-state index contributed by atoms with van der Waals surface area (Å²) < 4.78 is 4.66. The third-order valence-electron chi connectivity index (χ3n) is 2.91. The Morgan fingerprint density at radius 3 is 2.81 bits per heavy atom. The summed E-state index contributed by atoms with van der Waals surface area (Å²) in [5.74, 6) is -0.449. The van der Waals surface area contributed by atoms with E-state index < -0.39 is 5.97 Å². The van der Waals surface area contributed by atoms with E-state index in [1.807, 2.05) is 0 Å². The Labute approximate surface area is 93.8 Å². The van der Waals surface area contributed by atoms with Gasteiger partial charge in [0.1, 0.15) is 5.69 Å². The largest absolute Gasteiger partial charge is 0.464 e. The molecule has 16 heavy (non-hydrogen) atoms. The molecule has 2 rings (SSSR count). The van der Waals surface area contributed by atoms with Crippen LogP contribution in [0, 0.1) is 0 Å². The van der Waals surface area contributed by atoms with Crippen LogP contribution in [-0.4, -0.2) is 34.0 Å². The smallest absolute Gasteiger partial charge is 0.360 e. The summed E-state index contributed by atoms with van der Waals surface area (Å²) in [4.78, 5) is 11.4. The molecule has 0 radical (unpaired) electrons. The molecule has 0 amide bonds. The number of nitrogens with one attached hydrogen (secondary N) is 2. The number of hydrogen-bond donors (Lipinski definition) is 2. The molecular formula is C10H16N4O2. The highest BCUT2D eigenvalue weighted by molar-refractivity contribution is 5.88. The molecule has 2 heterocycles. The van der Waals surface area contributed by atoms with Gasteiger partial charge in [-0.1, -0.05) is 0 Å². The van der Waals surface area contributed by atoms with E-state index in [9.17, 15) is 4.79 Å². The predicted molar refractivity (Wildman–Crippen MR) is 56.9 cm³/mol. The number of H-pyrrole nitrogens is 1. The molecule has 1 aliphatic heterocycles.